The zero-order valence-corrected chi connectivity index (χ0v) is 14.3. The van der Waals surface area contributed by atoms with Gasteiger partial charge in [0, 0.05) is 12.3 Å². The van der Waals surface area contributed by atoms with Gasteiger partial charge in [-0.15, -0.1) is 10.1 Å². The van der Waals surface area contributed by atoms with Gasteiger partial charge in [-0.1, -0.05) is 55.4 Å². The molecule has 0 unspecified atom stereocenters. The molecule has 0 bridgehead atoms. The van der Waals surface area contributed by atoms with Crippen LogP contribution in [0.2, 0.25) is 0 Å². The molecule has 6 heteroatoms. The molecule has 0 fully saturated rings. The summed E-state index contributed by atoms with van der Waals surface area (Å²) in [5, 5.41) is 8.97. The summed E-state index contributed by atoms with van der Waals surface area (Å²) in [4.78, 5) is 16.2. The van der Waals surface area contributed by atoms with Crippen LogP contribution in [0.4, 0.5) is 0 Å². The summed E-state index contributed by atoms with van der Waals surface area (Å²) in [5.74, 6) is 0. The van der Waals surface area contributed by atoms with Crippen LogP contribution >= 0.6 is 7.14 Å². The summed E-state index contributed by atoms with van der Waals surface area (Å²) in [7, 11) is -2.88. The minimum Gasteiger partial charge on any atom is -0.321 e. The molecule has 0 aliphatic heterocycles. The van der Waals surface area contributed by atoms with Crippen LogP contribution < -0.4 is 0 Å². The van der Waals surface area contributed by atoms with E-state index < -0.39 is 28.4 Å². The molecule has 0 N–H and O–H groups in total. The molecule has 0 aliphatic rings. The van der Waals surface area contributed by atoms with E-state index in [1.54, 1.807) is 0 Å². The first-order valence-electron chi connectivity index (χ1n) is 6.70. The lowest BCUT2D eigenvalue weighted by Crippen LogP contribution is -2.56. The Bertz CT molecular complexity index is 357. The van der Waals surface area contributed by atoms with Gasteiger partial charge >= 0.3 is 0 Å². The molecular formula is C13H28NO4P. The summed E-state index contributed by atoms with van der Waals surface area (Å²) >= 11 is 0. The zero-order valence-electron chi connectivity index (χ0n) is 13.4. The first kappa shape index (κ1) is 18.4. The van der Waals surface area contributed by atoms with Gasteiger partial charge in [-0.25, -0.2) is 0 Å². The van der Waals surface area contributed by atoms with Crippen LogP contribution in [0.1, 0.15) is 55.4 Å². The van der Waals surface area contributed by atoms with Crippen molar-refractivity contribution in [2.24, 2.45) is 10.8 Å². The standard InChI is InChI=1S/C13H28NO4P/c1-9-19(17,10-2)13(11(3,4)5,12(6,7)8)18-14(15)16/h9-10H2,1-8H3. The van der Waals surface area contributed by atoms with Crippen LogP contribution in [0, 0.1) is 20.9 Å². The number of hydrogen-bond donors (Lipinski definition) is 0. The molecule has 0 heterocycles. The van der Waals surface area contributed by atoms with Crippen molar-refractivity contribution >= 4 is 7.14 Å². The van der Waals surface area contributed by atoms with Gasteiger partial charge in [0.25, 0.3) is 5.09 Å². The average molecular weight is 293 g/mol. The van der Waals surface area contributed by atoms with Crippen LogP contribution in [0.3, 0.4) is 0 Å². The van der Waals surface area contributed by atoms with Gasteiger partial charge in [-0.05, 0) is 10.8 Å². The molecule has 0 aliphatic carbocycles. The molecule has 0 aromatic rings. The maximum atomic E-state index is 13.4. The third-order valence-corrected chi connectivity index (χ3v) is 8.45. The lowest BCUT2D eigenvalue weighted by atomic mass is 9.73. The summed E-state index contributed by atoms with van der Waals surface area (Å²) in [6, 6.07) is 0. The van der Waals surface area contributed by atoms with Crippen molar-refractivity contribution in [3.63, 3.8) is 0 Å². The normalized spacial score (nSPS) is 14.3. The Morgan fingerprint density at radius 2 is 1.32 bits per heavy atom. The Balaban J connectivity index is 6.40. The molecule has 114 valence electrons. The van der Waals surface area contributed by atoms with Gasteiger partial charge in [0.2, 0.25) is 0 Å². The maximum Gasteiger partial charge on any atom is 0.295 e. The summed E-state index contributed by atoms with van der Waals surface area (Å²) in [5.41, 5.74) is -1.22. The quantitative estimate of drug-likeness (QED) is 0.428. The van der Waals surface area contributed by atoms with Gasteiger partial charge < -0.3 is 4.57 Å². The van der Waals surface area contributed by atoms with E-state index in [0.717, 1.165) is 0 Å². The highest BCUT2D eigenvalue weighted by Crippen LogP contribution is 2.70. The van der Waals surface area contributed by atoms with Crippen molar-refractivity contribution in [3.05, 3.63) is 10.1 Å². The third kappa shape index (κ3) is 2.96. The van der Waals surface area contributed by atoms with Crippen LogP contribution in [0.15, 0.2) is 0 Å². The van der Waals surface area contributed by atoms with Crippen LogP contribution in [0.25, 0.3) is 0 Å². The fourth-order valence-electron chi connectivity index (χ4n) is 3.47. The van der Waals surface area contributed by atoms with Gasteiger partial charge in [0.1, 0.15) is 7.14 Å². The van der Waals surface area contributed by atoms with E-state index in [9.17, 15) is 14.7 Å². The fraction of sp³-hybridized carbons (Fsp3) is 1.00. The Labute approximate surface area is 116 Å². The van der Waals surface area contributed by atoms with Gasteiger partial charge in [-0.2, -0.15) is 0 Å². The zero-order chi connectivity index (χ0) is 15.7. The van der Waals surface area contributed by atoms with E-state index in [2.05, 4.69) is 0 Å². The molecule has 0 rings (SSSR count). The number of rotatable bonds is 5. The minimum absolute atomic E-state index is 0.395. The summed E-state index contributed by atoms with van der Waals surface area (Å²) < 4.78 is 13.4. The molecule has 0 spiro atoms. The lowest BCUT2D eigenvalue weighted by Gasteiger charge is -2.54. The molecule has 0 atom stereocenters. The predicted molar refractivity (Wildman–Crippen MR) is 78.4 cm³/mol. The second kappa shape index (κ2) is 5.43. The Morgan fingerprint density at radius 1 is 1.00 bits per heavy atom. The van der Waals surface area contributed by atoms with E-state index >= 15 is 0 Å². The lowest BCUT2D eigenvalue weighted by molar-refractivity contribution is -0.782. The van der Waals surface area contributed by atoms with Crippen molar-refractivity contribution in [2.75, 3.05) is 12.3 Å². The average Bonchev–Trinajstić information content (AvgIpc) is 2.21. The molecule has 0 saturated carbocycles. The van der Waals surface area contributed by atoms with Crippen molar-refractivity contribution < 1.29 is 14.5 Å². The monoisotopic (exact) mass is 293 g/mol. The minimum atomic E-state index is -2.88. The van der Waals surface area contributed by atoms with E-state index in [1.807, 2.05) is 55.4 Å². The fourth-order valence-corrected chi connectivity index (χ4v) is 7.47. The Morgan fingerprint density at radius 3 is 1.47 bits per heavy atom. The second-order valence-corrected chi connectivity index (χ2v) is 10.7. The Kier molecular flexibility index (Phi) is 5.27. The molecule has 0 amide bonds. The highest BCUT2D eigenvalue weighted by atomic mass is 31.2. The molecular weight excluding hydrogens is 265 g/mol. The van der Waals surface area contributed by atoms with E-state index in [0.29, 0.717) is 12.3 Å². The van der Waals surface area contributed by atoms with Crippen molar-refractivity contribution in [3.8, 4) is 0 Å². The topological polar surface area (TPSA) is 69.4 Å². The van der Waals surface area contributed by atoms with Gasteiger partial charge in [0.05, 0.1) is 0 Å². The molecule has 0 saturated heterocycles. The first-order valence-corrected chi connectivity index (χ1v) is 8.78. The van der Waals surface area contributed by atoms with Gasteiger partial charge in [-0.3, -0.25) is 4.84 Å². The largest absolute Gasteiger partial charge is 0.321 e. The second-order valence-electron chi connectivity index (χ2n) is 6.98. The highest BCUT2D eigenvalue weighted by Gasteiger charge is 2.63. The predicted octanol–water partition coefficient (Wildman–Crippen LogP) is 4.39. The third-order valence-electron chi connectivity index (χ3n) is 3.84. The number of nitrogens with zero attached hydrogens (tertiary/aromatic N) is 1. The molecule has 0 aromatic carbocycles. The van der Waals surface area contributed by atoms with E-state index in [-0.39, 0.29) is 0 Å². The van der Waals surface area contributed by atoms with Gasteiger partial charge in [0.15, 0.2) is 5.34 Å². The molecule has 19 heavy (non-hydrogen) atoms. The summed E-state index contributed by atoms with van der Waals surface area (Å²) in [6.45, 7) is 14.8. The molecule has 0 aromatic heterocycles. The van der Waals surface area contributed by atoms with Crippen LogP contribution in [0.5, 0.6) is 0 Å². The molecule has 0 radical (unpaired) electrons. The Hall–Kier alpha value is -0.570. The van der Waals surface area contributed by atoms with Crippen molar-refractivity contribution in [2.45, 2.75) is 60.7 Å². The van der Waals surface area contributed by atoms with E-state index in [1.165, 1.54) is 0 Å². The van der Waals surface area contributed by atoms with Crippen molar-refractivity contribution in [1.82, 2.24) is 0 Å². The molecule has 5 nitrogen and oxygen atoms in total. The van der Waals surface area contributed by atoms with Crippen LogP contribution in [-0.2, 0) is 9.40 Å². The smallest absolute Gasteiger partial charge is 0.295 e. The maximum absolute atomic E-state index is 13.4. The number of hydrogen-bond acceptors (Lipinski definition) is 4. The highest BCUT2D eigenvalue weighted by molar-refractivity contribution is 7.65. The summed E-state index contributed by atoms with van der Waals surface area (Å²) in [6.07, 6.45) is 0.789. The van der Waals surface area contributed by atoms with E-state index in [4.69, 9.17) is 4.84 Å². The first-order chi connectivity index (χ1) is 8.29. The van der Waals surface area contributed by atoms with Crippen LogP contribution in [-0.4, -0.2) is 22.8 Å². The van der Waals surface area contributed by atoms with Crippen molar-refractivity contribution in [1.29, 1.82) is 0 Å². The SMILES string of the molecule is CCP(=O)(CC)C(O[N+](=O)[O-])(C(C)(C)C)C(C)(C)C.